The molecular weight excluding hydrogens is 280 g/mol. The van der Waals surface area contributed by atoms with Crippen LogP contribution in [0.25, 0.3) is 0 Å². The third-order valence-corrected chi connectivity index (χ3v) is 2.86. The molecule has 0 amide bonds. The Bertz CT molecular complexity index is 488. The number of nitrogens with one attached hydrogen (secondary N) is 1. The summed E-state index contributed by atoms with van der Waals surface area (Å²) in [6, 6.07) is 9.75. The highest BCUT2D eigenvalue weighted by Gasteiger charge is 2.03. The predicted octanol–water partition coefficient (Wildman–Crippen LogP) is 3.36. The van der Waals surface area contributed by atoms with E-state index in [9.17, 15) is 0 Å². The number of halogens is 1. The van der Waals surface area contributed by atoms with E-state index in [0.717, 1.165) is 22.5 Å². The minimum Gasteiger partial charge on any atom is -0.455 e. The summed E-state index contributed by atoms with van der Waals surface area (Å²) in [6.07, 6.45) is 3.41. The molecule has 0 fully saturated rings. The van der Waals surface area contributed by atoms with Gasteiger partial charge in [0, 0.05) is 12.7 Å². The van der Waals surface area contributed by atoms with E-state index in [1.165, 1.54) is 5.56 Å². The zero-order valence-corrected chi connectivity index (χ0v) is 11.1. The van der Waals surface area contributed by atoms with Crippen LogP contribution >= 0.6 is 15.9 Å². The van der Waals surface area contributed by atoms with E-state index in [4.69, 9.17) is 4.74 Å². The first kappa shape index (κ1) is 12.1. The van der Waals surface area contributed by atoms with Crippen LogP contribution in [-0.2, 0) is 6.54 Å². The minimum absolute atomic E-state index is 0.731. The molecule has 2 aromatic rings. The Labute approximate surface area is 109 Å². The molecule has 0 radical (unpaired) electrons. The van der Waals surface area contributed by atoms with Crippen LogP contribution in [0.2, 0.25) is 0 Å². The average molecular weight is 293 g/mol. The maximum absolute atomic E-state index is 5.71. The molecule has 0 aliphatic heterocycles. The van der Waals surface area contributed by atoms with Crippen molar-refractivity contribution in [1.82, 2.24) is 10.3 Å². The fourth-order valence-electron chi connectivity index (χ4n) is 1.48. The number of nitrogens with zero attached hydrogens (tertiary/aromatic N) is 1. The van der Waals surface area contributed by atoms with Crippen molar-refractivity contribution in [2.45, 2.75) is 6.54 Å². The molecule has 2 rings (SSSR count). The van der Waals surface area contributed by atoms with E-state index in [0.29, 0.717) is 0 Å². The van der Waals surface area contributed by atoms with Gasteiger partial charge in [-0.2, -0.15) is 0 Å². The molecule has 1 aromatic heterocycles. The molecule has 0 spiro atoms. The smallest absolute Gasteiger partial charge is 0.145 e. The highest BCUT2D eigenvalue weighted by atomic mass is 79.9. The third-order valence-electron chi connectivity index (χ3n) is 2.24. The quantitative estimate of drug-likeness (QED) is 0.938. The Morgan fingerprint density at radius 2 is 2.24 bits per heavy atom. The number of aromatic nitrogens is 1. The summed E-state index contributed by atoms with van der Waals surface area (Å²) in [6.45, 7) is 0.839. The van der Waals surface area contributed by atoms with Gasteiger partial charge in [-0.25, -0.2) is 0 Å². The molecule has 3 nitrogen and oxygen atoms in total. The lowest BCUT2D eigenvalue weighted by Gasteiger charge is -2.08. The lowest BCUT2D eigenvalue weighted by molar-refractivity contribution is 0.477. The van der Waals surface area contributed by atoms with Crippen molar-refractivity contribution < 1.29 is 4.74 Å². The fourth-order valence-corrected chi connectivity index (χ4v) is 1.98. The van der Waals surface area contributed by atoms with E-state index in [-0.39, 0.29) is 0 Å². The first-order chi connectivity index (χ1) is 8.29. The van der Waals surface area contributed by atoms with E-state index < -0.39 is 0 Å². The highest BCUT2D eigenvalue weighted by Crippen LogP contribution is 2.29. The zero-order chi connectivity index (χ0) is 12.1. The van der Waals surface area contributed by atoms with Crippen LogP contribution in [0.3, 0.4) is 0 Å². The summed E-state index contributed by atoms with van der Waals surface area (Å²) in [7, 11) is 1.92. The molecule has 0 atom stereocenters. The van der Waals surface area contributed by atoms with Crippen LogP contribution < -0.4 is 10.1 Å². The van der Waals surface area contributed by atoms with E-state index in [1.54, 1.807) is 12.4 Å². The van der Waals surface area contributed by atoms with Crippen LogP contribution in [0.4, 0.5) is 0 Å². The normalized spacial score (nSPS) is 10.2. The molecule has 88 valence electrons. The second-order valence-corrected chi connectivity index (χ2v) is 4.44. The monoisotopic (exact) mass is 292 g/mol. The first-order valence-electron chi connectivity index (χ1n) is 5.30. The topological polar surface area (TPSA) is 34.1 Å². The van der Waals surface area contributed by atoms with Crippen molar-refractivity contribution in [3.63, 3.8) is 0 Å². The summed E-state index contributed by atoms with van der Waals surface area (Å²) >= 11 is 3.50. The predicted molar refractivity (Wildman–Crippen MR) is 71.2 cm³/mol. The zero-order valence-electron chi connectivity index (χ0n) is 9.48. The van der Waals surface area contributed by atoms with Gasteiger partial charge in [0.25, 0.3) is 0 Å². The van der Waals surface area contributed by atoms with Crippen molar-refractivity contribution in [3.05, 3.63) is 52.8 Å². The summed E-state index contributed by atoms with van der Waals surface area (Å²) in [5.41, 5.74) is 1.21. The average Bonchev–Trinajstić information content (AvgIpc) is 2.34. The van der Waals surface area contributed by atoms with Crippen LogP contribution in [0.1, 0.15) is 5.56 Å². The Morgan fingerprint density at radius 3 is 2.88 bits per heavy atom. The molecule has 1 aromatic carbocycles. The van der Waals surface area contributed by atoms with Gasteiger partial charge < -0.3 is 10.1 Å². The molecule has 0 aliphatic rings. The standard InChI is InChI=1S/C13H13BrN2O/c1-15-8-10-4-5-13(12(14)7-10)17-11-3-2-6-16-9-11/h2-7,9,15H,8H2,1H3. The van der Waals surface area contributed by atoms with Gasteiger partial charge in [-0.05, 0) is 52.8 Å². The minimum atomic E-state index is 0.731. The van der Waals surface area contributed by atoms with E-state index in [1.807, 2.05) is 37.4 Å². The van der Waals surface area contributed by atoms with Gasteiger partial charge in [0.1, 0.15) is 11.5 Å². The van der Waals surface area contributed by atoms with Crippen molar-refractivity contribution in [1.29, 1.82) is 0 Å². The van der Waals surface area contributed by atoms with Crippen LogP contribution in [0.15, 0.2) is 47.2 Å². The summed E-state index contributed by atoms with van der Waals surface area (Å²) in [5.74, 6) is 1.52. The number of benzene rings is 1. The Kier molecular flexibility index (Phi) is 4.12. The lowest BCUT2D eigenvalue weighted by Crippen LogP contribution is -2.04. The van der Waals surface area contributed by atoms with E-state index >= 15 is 0 Å². The molecule has 1 N–H and O–H groups in total. The van der Waals surface area contributed by atoms with Crippen molar-refractivity contribution in [2.24, 2.45) is 0 Å². The number of pyridine rings is 1. The molecule has 0 saturated heterocycles. The van der Waals surface area contributed by atoms with Gasteiger partial charge in [-0.3, -0.25) is 4.98 Å². The first-order valence-corrected chi connectivity index (χ1v) is 6.10. The second kappa shape index (κ2) is 5.80. The number of ether oxygens (including phenoxy) is 1. The number of hydrogen-bond donors (Lipinski definition) is 1. The van der Waals surface area contributed by atoms with Crippen molar-refractivity contribution >= 4 is 15.9 Å². The van der Waals surface area contributed by atoms with Crippen LogP contribution in [0, 0.1) is 0 Å². The fraction of sp³-hybridized carbons (Fsp3) is 0.154. The Balaban J connectivity index is 2.17. The molecule has 0 saturated carbocycles. The van der Waals surface area contributed by atoms with Gasteiger partial charge in [0.05, 0.1) is 10.7 Å². The molecule has 0 aliphatic carbocycles. The number of hydrogen-bond acceptors (Lipinski definition) is 3. The molecule has 4 heteroatoms. The maximum atomic E-state index is 5.71. The van der Waals surface area contributed by atoms with Gasteiger partial charge in [-0.15, -0.1) is 0 Å². The Hall–Kier alpha value is -1.39. The summed E-state index contributed by atoms with van der Waals surface area (Å²) in [5, 5.41) is 3.11. The van der Waals surface area contributed by atoms with Gasteiger partial charge in [0.15, 0.2) is 0 Å². The van der Waals surface area contributed by atoms with Gasteiger partial charge >= 0.3 is 0 Å². The van der Waals surface area contributed by atoms with Gasteiger partial charge in [0.2, 0.25) is 0 Å². The highest BCUT2D eigenvalue weighted by molar-refractivity contribution is 9.10. The SMILES string of the molecule is CNCc1ccc(Oc2cccnc2)c(Br)c1. The third kappa shape index (κ3) is 3.28. The molecule has 17 heavy (non-hydrogen) atoms. The van der Waals surface area contributed by atoms with Gasteiger partial charge in [-0.1, -0.05) is 6.07 Å². The summed E-state index contributed by atoms with van der Waals surface area (Å²) in [4.78, 5) is 4.01. The summed E-state index contributed by atoms with van der Waals surface area (Å²) < 4.78 is 6.65. The van der Waals surface area contributed by atoms with E-state index in [2.05, 4.69) is 26.2 Å². The molecule has 1 heterocycles. The van der Waals surface area contributed by atoms with Crippen LogP contribution in [0.5, 0.6) is 11.5 Å². The second-order valence-electron chi connectivity index (χ2n) is 3.59. The van der Waals surface area contributed by atoms with Crippen molar-refractivity contribution in [2.75, 3.05) is 7.05 Å². The lowest BCUT2D eigenvalue weighted by atomic mass is 10.2. The molecule has 0 bridgehead atoms. The number of rotatable bonds is 4. The molecule has 0 unspecified atom stereocenters. The van der Waals surface area contributed by atoms with Crippen molar-refractivity contribution in [3.8, 4) is 11.5 Å². The van der Waals surface area contributed by atoms with Crippen LogP contribution in [-0.4, -0.2) is 12.0 Å². The molecular formula is C13H13BrN2O. The largest absolute Gasteiger partial charge is 0.455 e. The Morgan fingerprint density at radius 1 is 1.35 bits per heavy atom. The maximum Gasteiger partial charge on any atom is 0.145 e.